The molecule has 1 amide bonds. The molecule has 0 atom stereocenters. The molecule has 28 heavy (non-hydrogen) atoms. The average Bonchev–Trinajstić information content (AvgIpc) is 3.18. The molecule has 2 heterocycles. The molecule has 2 aromatic carbocycles. The fraction of sp³-hybridized carbons (Fsp3) is 0.238. The molecule has 7 heteroatoms. The normalized spacial score (nSPS) is 14.4. The van der Waals surface area contributed by atoms with E-state index in [9.17, 15) is 13.6 Å². The molecule has 1 aromatic heterocycles. The van der Waals surface area contributed by atoms with Crippen molar-refractivity contribution < 1.29 is 13.6 Å². The van der Waals surface area contributed by atoms with Crippen molar-refractivity contribution in [1.29, 1.82) is 0 Å². The average molecular weight is 382 g/mol. The molecule has 0 unspecified atom stereocenters. The third-order valence-corrected chi connectivity index (χ3v) is 4.94. The lowest BCUT2D eigenvalue weighted by Crippen LogP contribution is -2.49. The highest BCUT2D eigenvalue weighted by atomic mass is 19.1. The van der Waals surface area contributed by atoms with E-state index >= 15 is 0 Å². The number of anilines is 1. The maximum Gasteiger partial charge on any atom is 0.256 e. The Labute approximate surface area is 161 Å². The van der Waals surface area contributed by atoms with E-state index in [0.717, 1.165) is 23.8 Å². The zero-order chi connectivity index (χ0) is 19.7. The van der Waals surface area contributed by atoms with E-state index in [1.807, 2.05) is 42.0 Å². The number of hydrogen-bond donors (Lipinski definition) is 0. The molecule has 0 saturated carbocycles. The van der Waals surface area contributed by atoms with Crippen molar-refractivity contribution in [1.82, 2.24) is 14.5 Å². The molecule has 0 bridgehead atoms. The highest BCUT2D eigenvalue weighted by molar-refractivity contribution is 5.94. The van der Waals surface area contributed by atoms with Gasteiger partial charge in [-0.3, -0.25) is 9.36 Å². The summed E-state index contributed by atoms with van der Waals surface area (Å²) in [5.74, 6) is -1.13. The van der Waals surface area contributed by atoms with E-state index in [1.54, 1.807) is 11.1 Å². The van der Waals surface area contributed by atoms with Crippen LogP contribution in [0.25, 0.3) is 5.69 Å². The van der Waals surface area contributed by atoms with Crippen LogP contribution in [0.5, 0.6) is 0 Å². The van der Waals surface area contributed by atoms with Gasteiger partial charge in [-0.1, -0.05) is 17.7 Å². The van der Waals surface area contributed by atoms with Crippen LogP contribution in [0.4, 0.5) is 14.7 Å². The molecular formula is C21H20F2N4O. The molecule has 0 N–H and O–H groups in total. The topological polar surface area (TPSA) is 41.4 Å². The first-order valence-corrected chi connectivity index (χ1v) is 9.12. The van der Waals surface area contributed by atoms with Crippen LogP contribution in [0, 0.1) is 18.6 Å². The Morgan fingerprint density at radius 3 is 2.39 bits per heavy atom. The van der Waals surface area contributed by atoms with Crippen LogP contribution in [-0.4, -0.2) is 46.5 Å². The molecule has 3 aromatic rings. The molecule has 1 aliphatic rings. The van der Waals surface area contributed by atoms with Crippen LogP contribution in [0.2, 0.25) is 0 Å². The zero-order valence-electron chi connectivity index (χ0n) is 15.5. The molecular weight excluding hydrogens is 362 g/mol. The molecule has 5 nitrogen and oxygen atoms in total. The van der Waals surface area contributed by atoms with Crippen LogP contribution in [0.15, 0.2) is 54.9 Å². The second-order valence-electron chi connectivity index (χ2n) is 6.84. The number of amides is 1. The lowest BCUT2D eigenvalue weighted by atomic mass is 10.1. The van der Waals surface area contributed by atoms with Crippen LogP contribution in [0.3, 0.4) is 0 Å². The van der Waals surface area contributed by atoms with Crippen LogP contribution in [-0.2, 0) is 0 Å². The second kappa shape index (κ2) is 7.42. The minimum absolute atomic E-state index is 0.101. The van der Waals surface area contributed by atoms with Gasteiger partial charge in [0, 0.05) is 50.3 Å². The lowest BCUT2D eigenvalue weighted by Gasteiger charge is -2.35. The quantitative estimate of drug-likeness (QED) is 0.697. The van der Waals surface area contributed by atoms with Crippen molar-refractivity contribution in [2.45, 2.75) is 6.92 Å². The first kappa shape index (κ1) is 18.2. The SMILES string of the molecule is Cc1ccc(-n2ccnc2N2CCN(C(=O)c3ccc(F)cc3F)CC2)cc1. The first-order chi connectivity index (χ1) is 13.5. The van der Waals surface area contributed by atoms with E-state index in [1.165, 1.54) is 11.6 Å². The van der Waals surface area contributed by atoms with Crippen LogP contribution in [0.1, 0.15) is 15.9 Å². The minimum Gasteiger partial charge on any atom is -0.338 e. The van der Waals surface area contributed by atoms with Crippen LogP contribution >= 0.6 is 0 Å². The van der Waals surface area contributed by atoms with Gasteiger partial charge in [0.15, 0.2) is 0 Å². The Hall–Kier alpha value is -3.22. The summed E-state index contributed by atoms with van der Waals surface area (Å²) in [6.45, 7) is 4.08. The number of benzene rings is 2. The molecule has 0 aliphatic carbocycles. The number of hydrogen-bond acceptors (Lipinski definition) is 3. The van der Waals surface area contributed by atoms with Crippen molar-refractivity contribution in [3.63, 3.8) is 0 Å². The Morgan fingerprint density at radius 2 is 1.71 bits per heavy atom. The highest BCUT2D eigenvalue weighted by Gasteiger charge is 2.26. The van der Waals surface area contributed by atoms with Gasteiger partial charge in [0.2, 0.25) is 5.95 Å². The number of rotatable bonds is 3. The number of nitrogens with zero attached hydrogens (tertiary/aromatic N) is 4. The molecule has 0 spiro atoms. The number of halogens is 2. The third kappa shape index (κ3) is 3.47. The Kier molecular flexibility index (Phi) is 4.81. The van der Waals surface area contributed by atoms with Crippen molar-refractivity contribution in [3.8, 4) is 5.69 Å². The second-order valence-corrected chi connectivity index (χ2v) is 6.84. The van der Waals surface area contributed by atoms with Crippen molar-refractivity contribution in [2.75, 3.05) is 31.1 Å². The van der Waals surface area contributed by atoms with Gasteiger partial charge in [-0.2, -0.15) is 0 Å². The lowest BCUT2D eigenvalue weighted by molar-refractivity contribution is 0.0741. The summed E-state index contributed by atoms with van der Waals surface area (Å²) < 4.78 is 29.0. The van der Waals surface area contributed by atoms with Gasteiger partial charge in [-0.05, 0) is 31.2 Å². The van der Waals surface area contributed by atoms with Crippen LogP contribution < -0.4 is 4.90 Å². The Bertz CT molecular complexity index is 992. The van der Waals surface area contributed by atoms with E-state index in [0.29, 0.717) is 26.2 Å². The number of carbonyl (C=O) groups is 1. The number of aryl methyl sites for hydroxylation is 1. The standard InChI is InChI=1S/C21H20F2N4O/c1-15-2-5-17(6-3-15)27-9-8-24-21(27)26-12-10-25(11-13-26)20(28)18-7-4-16(22)14-19(18)23/h2-9,14H,10-13H2,1H3. The summed E-state index contributed by atoms with van der Waals surface area (Å²) in [7, 11) is 0. The predicted molar refractivity (Wildman–Crippen MR) is 103 cm³/mol. The largest absolute Gasteiger partial charge is 0.338 e. The van der Waals surface area contributed by atoms with Gasteiger partial charge in [-0.15, -0.1) is 0 Å². The van der Waals surface area contributed by atoms with Crippen molar-refractivity contribution in [2.24, 2.45) is 0 Å². The number of aromatic nitrogens is 2. The molecule has 144 valence electrons. The zero-order valence-corrected chi connectivity index (χ0v) is 15.5. The Morgan fingerprint density at radius 1 is 1.00 bits per heavy atom. The summed E-state index contributed by atoms with van der Waals surface area (Å²) in [5, 5.41) is 0. The molecule has 1 aliphatic heterocycles. The van der Waals surface area contributed by atoms with Gasteiger partial charge in [0.1, 0.15) is 11.6 Å². The van der Waals surface area contributed by atoms with Gasteiger partial charge in [0.05, 0.1) is 5.56 Å². The molecule has 4 rings (SSSR count). The van der Waals surface area contributed by atoms with E-state index < -0.39 is 17.5 Å². The maximum atomic E-state index is 13.9. The van der Waals surface area contributed by atoms with Gasteiger partial charge >= 0.3 is 0 Å². The van der Waals surface area contributed by atoms with Crippen molar-refractivity contribution in [3.05, 3.63) is 77.6 Å². The van der Waals surface area contributed by atoms with E-state index in [4.69, 9.17) is 0 Å². The Balaban J connectivity index is 1.47. The number of carbonyl (C=O) groups excluding carboxylic acids is 1. The summed E-state index contributed by atoms with van der Waals surface area (Å²) in [5.41, 5.74) is 2.10. The van der Waals surface area contributed by atoms with Gasteiger partial charge in [0.25, 0.3) is 5.91 Å². The van der Waals surface area contributed by atoms with E-state index in [-0.39, 0.29) is 5.56 Å². The maximum absolute atomic E-state index is 13.9. The van der Waals surface area contributed by atoms with E-state index in [2.05, 4.69) is 9.88 Å². The molecule has 1 fully saturated rings. The molecule has 0 radical (unpaired) electrons. The smallest absolute Gasteiger partial charge is 0.256 e. The summed E-state index contributed by atoms with van der Waals surface area (Å²) in [6.07, 6.45) is 3.66. The highest BCUT2D eigenvalue weighted by Crippen LogP contribution is 2.21. The number of imidazole rings is 1. The first-order valence-electron chi connectivity index (χ1n) is 9.12. The summed E-state index contributed by atoms with van der Waals surface area (Å²) in [6, 6.07) is 11.2. The third-order valence-electron chi connectivity index (χ3n) is 4.94. The number of piperazine rings is 1. The van der Waals surface area contributed by atoms with Crippen molar-refractivity contribution >= 4 is 11.9 Å². The molecule has 1 saturated heterocycles. The van der Waals surface area contributed by atoms with Gasteiger partial charge in [-0.25, -0.2) is 13.8 Å². The summed E-state index contributed by atoms with van der Waals surface area (Å²) in [4.78, 5) is 20.7. The minimum atomic E-state index is -0.831. The van der Waals surface area contributed by atoms with Gasteiger partial charge < -0.3 is 9.80 Å². The summed E-state index contributed by atoms with van der Waals surface area (Å²) >= 11 is 0. The fourth-order valence-electron chi connectivity index (χ4n) is 3.38. The predicted octanol–water partition coefficient (Wildman–Crippen LogP) is 3.42. The monoisotopic (exact) mass is 382 g/mol. The fourth-order valence-corrected chi connectivity index (χ4v) is 3.38.